The standard InChI is InChI=1S/C25H20N2O4/c1-16(28)18-10-7-11-19(14-18)27-24(29)23(17-8-3-2-4-9-17)31-25(30)21-15-26-22-13-6-5-12-20(21)22/h2-15,23,26H,1H3,(H,27,29)/t23-/m1/s1. The van der Waals surface area contributed by atoms with Crippen LogP contribution in [0.1, 0.15) is 39.3 Å². The van der Waals surface area contributed by atoms with Gasteiger partial charge in [-0.3, -0.25) is 9.59 Å². The number of aromatic nitrogens is 1. The number of nitrogens with one attached hydrogen (secondary N) is 2. The summed E-state index contributed by atoms with van der Waals surface area (Å²) in [6.45, 7) is 1.46. The van der Waals surface area contributed by atoms with Crippen LogP contribution in [-0.2, 0) is 9.53 Å². The normalized spacial score (nSPS) is 11.6. The summed E-state index contributed by atoms with van der Waals surface area (Å²) in [5.74, 6) is -1.24. The number of hydrogen-bond donors (Lipinski definition) is 2. The number of aromatic amines is 1. The van der Waals surface area contributed by atoms with E-state index >= 15 is 0 Å². The Morgan fingerprint density at radius 1 is 0.903 bits per heavy atom. The number of ether oxygens (including phenoxy) is 1. The summed E-state index contributed by atoms with van der Waals surface area (Å²) in [4.78, 5) is 40.7. The molecular formula is C25H20N2O4. The minimum atomic E-state index is -1.16. The zero-order valence-electron chi connectivity index (χ0n) is 16.8. The number of H-pyrrole nitrogens is 1. The molecule has 1 aromatic heterocycles. The number of esters is 1. The molecule has 0 aliphatic carbocycles. The highest BCUT2D eigenvalue weighted by atomic mass is 16.5. The molecular weight excluding hydrogens is 392 g/mol. The Morgan fingerprint density at radius 2 is 1.65 bits per heavy atom. The largest absolute Gasteiger partial charge is 0.444 e. The molecule has 4 rings (SSSR count). The summed E-state index contributed by atoms with van der Waals surface area (Å²) in [6.07, 6.45) is 0.409. The third-order valence-electron chi connectivity index (χ3n) is 4.91. The first-order valence-electron chi connectivity index (χ1n) is 9.77. The van der Waals surface area contributed by atoms with Crippen LogP contribution >= 0.6 is 0 Å². The van der Waals surface area contributed by atoms with Gasteiger partial charge in [0, 0.05) is 33.9 Å². The number of fused-ring (bicyclic) bond motifs is 1. The second-order valence-electron chi connectivity index (χ2n) is 7.07. The van der Waals surface area contributed by atoms with Gasteiger partial charge in [0.1, 0.15) is 0 Å². The van der Waals surface area contributed by atoms with E-state index < -0.39 is 18.0 Å². The Balaban J connectivity index is 1.62. The van der Waals surface area contributed by atoms with Gasteiger partial charge in [0.05, 0.1) is 5.56 Å². The van der Waals surface area contributed by atoms with Crippen LogP contribution in [0.5, 0.6) is 0 Å². The quantitative estimate of drug-likeness (QED) is 0.348. The maximum absolute atomic E-state index is 13.1. The number of benzene rings is 3. The van der Waals surface area contributed by atoms with Crippen molar-refractivity contribution in [3.05, 3.63) is 102 Å². The predicted octanol–water partition coefficient (Wildman–Crippen LogP) is 4.91. The van der Waals surface area contributed by atoms with Crippen LogP contribution in [0.3, 0.4) is 0 Å². The summed E-state index contributed by atoms with van der Waals surface area (Å²) >= 11 is 0. The van der Waals surface area contributed by atoms with Crippen molar-refractivity contribution >= 4 is 34.3 Å². The predicted molar refractivity (Wildman–Crippen MR) is 118 cm³/mol. The number of Topliss-reactive ketones (excluding diaryl/α,β-unsaturated/α-hetero) is 1. The van der Waals surface area contributed by atoms with Crippen LogP contribution in [0.2, 0.25) is 0 Å². The molecule has 0 radical (unpaired) electrons. The molecule has 0 saturated heterocycles. The Bertz CT molecular complexity index is 1260. The SMILES string of the molecule is CC(=O)c1cccc(NC(=O)[C@H](OC(=O)c2c[nH]c3ccccc23)c2ccccc2)c1. The lowest BCUT2D eigenvalue weighted by atomic mass is 10.1. The van der Waals surface area contributed by atoms with E-state index in [1.54, 1.807) is 54.7 Å². The fourth-order valence-electron chi connectivity index (χ4n) is 3.34. The third-order valence-corrected chi connectivity index (χ3v) is 4.91. The minimum Gasteiger partial charge on any atom is -0.444 e. The van der Waals surface area contributed by atoms with Gasteiger partial charge in [0.25, 0.3) is 5.91 Å². The van der Waals surface area contributed by atoms with E-state index in [1.165, 1.54) is 6.92 Å². The lowest BCUT2D eigenvalue weighted by Crippen LogP contribution is -2.26. The van der Waals surface area contributed by atoms with Crippen LogP contribution in [0, 0.1) is 0 Å². The molecule has 2 N–H and O–H groups in total. The van der Waals surface area contributed by atoms with Crippen molar-refractivity contribution < 1.29 is 19.1 Å². The molecule has 0 aliphatic rings. The van der Waals surface area contributed by atoms with Gasteiger partial charge in [-0.15, -0.1) is 0 Å². The number of amides is 1. The zero-order chi connectivity index (χ0) is 21.8. The molecule has 1 atom stereocenters. The van der Waals surface area contributed by atoms with Crippen molar-refractivity contribution in [2.75, 3.05) is 5.32 Å². The van der Waals surface area contributed by atoms with Crippen LogP contribution in [-0.4, -0.2) is 22.6 Å². The average molecular weight is 412 g/mol. The number of carbonyl (C=O) groups excluding carboxylic acids is 3. The van der Waals surface area contributed by atoms with Gasteiger partial charge in [0.2, 0.25) is 6.10 Å². The summed E-state index contributed by atoms with van der Waals surface area (Å²) in [5, 5.41) is 3.46. The van der Waals surface area contributed by atoms with Gasteiger partial charge >= 0.3 is 5.97 Å². The highest BCUT2D eigenvalue weighted by molar-refractivity contribution is 6.05. The number of anilines is 1. The molecule has 3 aromatic carbocycles. The van der Waals surface area contributed by atoms with Crippen LogP contribution in [0.4, 0.5) is 5.69 Å². The van der Waals surface area contributed by atoms with E-state index in [2.05, 4.69) is 10.3 Å². The lowest BCUT2D eigenvalue weighted by molar-refractivity contribution is -0.125. The second-order valence-corrected chi connectivity index (χ2v) is 7.07. The summed E-state index contributed by atoms with van der Waals surface area (Å²) in [6, 6.07) is 22.8. The van der Waals surface area contributed by atoms with E-state index in [9.17, 15) is 14.4 Å². The molecule has 31 heavy (non-hydrogen) atoms. The molecule has 1 heterocycles. The molecule has 6 nitrogen and oxygen atoms in total. The van der Waals surface area contributed by atoms with Crippen molar-refractivity contribution in [3.63, 3.8) is 0 Å². The van der Waals surface area contributed by atoms with Crippen molar-refractivity contribution in [1.29, 1.82) is 0 Å². The van der Waals surface area contributed by atoms with E-state index in [-0.39, 0.29) is 5.78 Å². The molecule has 4 aromatic rings. The van der Waals surface area contributed by atoms with E-state index in [4.69, 9.17) is 4.74 Å². The van der Waals surface area contributed by atoms with Crippen molar-refractivity contribution in [1.82, 2.24) is 4.98 Å². The van der Waals surface area contributed by atoms with E-state index in [0.29, 0.717) is 27.8 Å². The van der Waals surface area contributed by atoms with Crippen LogP contribution in [0.15, 0.2) is 85.1 Å². The number of hydrogen-bond acceptors (Lipinski definition) is 4. The van der Waals surface area contributed by atoms with Crippen molar-refractivity contribution in [3.8, 4) is 0 Å². The van der Waals surface area contributed by atoms with Crippen LogP contribution in [0.25, 0.3) is 10.9 Å². The van der Waals surface area contributed by atoms with E-state index in [1.807, 2.05) is 30.3 Å². The minimum absolute atomic E-state index is 0.110. The first-order chi connectivity index (χ1) is 15.0. The van der Waals surface area contributed by atoms with Gasteiger partial charge in [0.15, 0.2) is 5.78 Å². The summed E-state index contributed by atoms with van der Waals surface area (Å²) < 4.78 is 5.66. The molecule has 0 spiro atoms. The number of carbonyl (C=O) groups is 3. The topological polar surface area (TPSA) is 88.3 Å². The van der Waals surface area contributed by atoms with Crippen LogP contribution < -0.4 is 5.32 Å². The first kappa shape index (κ1) is 20.1. The number of para-hydroxylation sites is 1. The highest BCUT2D eigenvalue weighted by Crippen LogP contribution is 2.25. The fourth-order valence-corrected chi connectivity index (χ4v) is 3.34. The zero-order valence-corrected chi connectivity index (χ0v) is 16.8. The molecule has 1 amide bonds. The molecule has 0 bridgehead atoms. The molecule has 0 unspecified atom stereocenters. The maximum atomic E-state index is 13.1. The highest BCUT2D eigenvalue weighted by Gasteiger charge is 2.27. The average Bonchev–Trinajstić information content (AvgIpc) is 3.22. The van der Waals surface area contributed by atoms with Crippen molar-refractivity contribution in [2.24, 2.45) is 0 Å². The van der Waals surface area contributed by atoms with Gasteiger partial charge in [-0.1, -0.05) is 60.7 Å². The van der Waals surface area contributed by atoms with Gasteiger partial charge in [-0.25, -0.2) is 4.79 Å². The summed E-state index contributed by atoms with van der Waals surface area (Å²) in [5.41, 5.74) is 2.61. The first-order valence-corrected chi connectivity index (χ1v) is 9.77. The fraction of sp³-hybridized carbons (Fsp3) is 0.0800. The lowest BCUT2D eigenvalue weighted by Gasteiger charge is -2.18. The molecule has 6 heteroatoms. The third kappa shape index (κ3) is 4.38. The van der Waals surface area contributed by atoms with Gasteiger partial charge < -0.3 is 15.0 Å². The Morgan fingerprint density at radius 3 is 2.42 bits per heavy atom. The molecule has 154 valence electrons. The Labute approximate surface area is 178 Å². The van der Waals surface area contributed by atoms with Crippen molar-refractivity contribution in [2.45, 2.75) is 13.0 Å². The summed E-state index contributed by atoms with van der Waals surface area (Å²) in [7, 11) is 0. The number of rotatable bonds is 6. The molecule has 0 aliphatic heterocycles. The maximum Gasteiger partial charge on any atom is 0.341 e. The van der Waals surface area contributed by atoms with Gasteiger partial charge in [-0.2, -0.15) is 0 Å². The van der Waals surface area contributed by atoms with E-state index in [0.717, 1.165) is 5.52 Å². The molecule has 0 saturated carbocycles. The smallest absolute Gasteiger partial charge is 0.341 e. The second kappa shape index (κ2) is 8.67. The molecule has 0 fully saturated rings. The number of ketones is 1. The Hall–Kier alpha value is -4.19. The Kier molecular flexibility index (Phi) is 5.62. The monoisotopic (exact) mass is 412 g/mol. The van der Waals surface area contributed by atoms with Gasteiger partial charge in [-0.05, 0) is 25.1 Å².